The molecule has 0 bridgehead atoms. The molecular weight excluding hydrogens is 385 g/mol. The smallest absolute Gasteiger partial charge is 0.322 e. The number of likely N-dealkylation sites (tertiary alicyclic amines) is 1. The number of amides is 2. The van der Waals surface area contributed by atoms with Gasteiger partial charge in [-0.25, -0.2) is 27.6 Å². The van der Waals surface area contributed by atoms with Crippen molar-refractivity contribution in [3.05, 3.63) is 42.5 Å². The van der Waals surface area contributed by atoms with Crippen LogP contribution in [0.15, 0.2) is 36.7 Å². The van der Waals surface area contributed by atoms with E-state index in [1.165, 1.54) is 22.9 Å². The van der Waals surface area contributed by atoms with E-state index in [2.05, 4.69) is 20.3 Å². The lowest BCUT2D eigenvalue weighted by Crippen LogP contribution is -2.59. The van der Waals surface area contributed by atoms with Gasteiger partial charge >= 0.3 is 6.03 Å². The molecule has 1 N–H and O–H groups in total. The maximum absolute atomic E-state index is 14.4. The van der Waals surface area contributed by atoms with Crippen molar-refractivity contribution >= 4 is 28.4 Å². The lowest BCUT2D eigenvalue weighted by Gasteiger charge is -2.38. The van der Waals surface area contributed by atoms with Gasteiger partial charge in [-0.05, 0) is 30.7 Å². The van der Waals surface area contributed by atoms with Gasteiger partial charge in [-0.2, -0.15) is 0 Å². The summed E-state index contributed by atoms with van der Waals surface area (Å²) in [6.45, 7) is 0.728. The molecule has 0 aliphatic carbocycles. The summed E-state index contributed by atoms with van der Waals surface area (Å²) in [5.74, 6) is -3.38. The van der Waals surface area contributed by atoms with Crippen LogP contribution in [0.1, 0.15) is 6.42 Å². The van der Waals surface area contributed by atoms with Crippen LogP contribution in [0.3, 0.4) is 0 Å². The van der Waals surface area contributed by atoms with Crippen molar-refractivity contribution in [2.75, 3.05) is 36.4 Å². The van der Waals surface area contributed by atoms with E-state index in [0.717, 1.165) is 35.5 Å². The van der Waals surface area contributed by atoms with Crippen molar-refractivity contribution in [2.24, 2.45) is 0 Å². The zero-order valence-electron chi connectivity index (χ0n) is 15.3. The summed E-state index contributed by atoms with van der Waals surface area (Å²) in [4.78, 5) is 19.6. The van der Waals surface area contributed by atoms with E-state index < -0.39 is 30.9 Å². The molecule has 2 aliphatic heterocycles. The monoisotopic (exact) mass is 402 g/mol. The molecule has 0 unspecified atom stereocenters. The molecule has 0 spiro atoms. The van der Waals surface area contributed by atoms with Gasteiger partial charge < -0.3 is 15.1 Å². The minimum atomic E-state index is -2.84. The first-order valence-corrected chi connectivity index (χ1v) is 9.22. The lowest BCUT2D eigenvalue weighted by atomic mass is 10.1. The molecule has 0 radical (unpaired) electrons. The first-order valence-electron chi connectivity index (χ1n) is 9.22. The fourth-order valence-electron chi connectivity index (χ4n) is 3.40. The molecule has 29 heavy (non-hydrogen) atoms. The molecule has 2 saturated heterocycles. The molecule has 5 rings (SSSR count). The van der Waals surface area contributed by atoms with Crippen LogP contribution in [-0.4, -0.2) is 57.8 Å². The van der Waals surface area contributed by atoms with Gasteiger partial charge in [0, 0.05) is 30.4 Å². The third kappa shape index (κ3) is 3.24. The minimum absolute atomic E-state index is 0.125. The molecule has 150 valence electrons. The number of hydrogen-bond acceptors (Lipinski definition) is 4. The van der Waals surface area contributed by atoms with Gasteiger partial charge in [0.25, 0.3) is 5.92 Å². The normalized spacial score (nSPS) is 17.8. The van der Waals surface area contributed by atoms with E-state index in [4.69, 9.17) is 0 Å². The highest BCUT2D eigenvalue weighted by Crippen LogP contribution is 2.28. The molecule has 2 amide bonds. The fraction of sp³-hybridized carbons (Fsp3) is 0.316. The largest absolute Gasteiger partial charge is 0.370 e. The third-order valence-corrected chi connectivity index (χ3v) is 5.14. The molecule has 10 heteroatoms. The SMILES string of the molecule is O=C(Nc1ccc(F)c(-n2cc3cc(N4CCC4)cnc3n2)c1)N1CC(F)(F)C1. The second-order valence-corrected chi connectivity index (χ2v) is 7.33. The number of alkyl halides is 2. The van der Waals surface area contributed by atoms with Crippen molar-refractivity contribution in [3.63, 3.8) is 0 Å². The summed E-state index contributed by atoms with van der Waals surface area (Å²) < 4.78 is 41.7. The molecule has 1 aromatic carbocycles. The number of aromatic nitrogens is 3. The van der Waals surface area contributed by atoms with Crippen LogP contribution in [-0.2, 0) is 0 Å². The van der Waals surface area contributed by atoms with Crippen LogP contribution in [0.5, 0.6) is 0 Å². The lowest BCUT2D eigenvalue weighted by molar-refractivity contribution is -0.107. The zero-order valence-corrected chi connectivity index (χ0v) is 15.3. The average Bonchev–Trinajstić information content (AvgIpc) is 3.03. The average molecular weight is 402 g/mol. The van der Waals surface area contributed by atoms with E-state index in [0.29, 0.717) is 5.65 Å². The summed E-state index contributed by atoms with van der Waals surface area (Å²) in [5.41, 5.74) is 1.89. The number of rotatable bonds is 3. The van der Waals surface area contributed by atoms with Gasteiger partial charge in [0.15, 0.2) is 5.65 Å². The number of nitrogens with one attached hydrogen (secondary N) is 1. The van der Waals surface area contributed by atoms with Crippen molar-refractivity contribution in [1.82, 2.24) is 19.7 Å². The molecule has 2 aliphatic rings. The zero-order chi connectivity index (χ0) is 20.2. The number of anilines is 2. The first kappa shape index (κ1) is 17.8. The maximum Gasteiger partial charge on any atom is 0.322 e. The Bertz CT molecular complexity index is 1100. The predicted octanol–water partition coefficient (Wildman–Crippen LogP) is 3.25. The third-order valence-electron chi connectivity index (χ3n) is 5.14. The van der Waals surface area contributed by atoms with Gasteiger partial charge in [0.05, 0.1) is 25.0 Å². The Morgan fingerprint density at radius 3 is 2.66 bits per heavy atom. The number of urea groups is 1. The van der Waals surface area contributed by atoms with Gasteiger partial charge in [0.2, 0.25) is 0 Å². The van der Waals surface area contributed by atoms with Crippen LogP contribution in [0.2, 0.25) is 0 Å². The van der Waals surface area contributed by atoms with Gasteiger partial charge in [0.1, 0.15) is 11.5 Å². The number of carbonyl (C=O) groups excluding carboxylic acids is 1. The van der Waals surface area contributed by atoms with E-state index in [-0.39, 0.29) is 11.4 Å². The van der Waals surface area contributed by atoms with E-state index in [1.807, 2.05) is 6.07 Å². The van der Waals surface area contributed by atoms with Crippen molar-refractivity contribution in [3.8, 4) is 5.69 Å². The maximum atomic E-state index is 14.4. The van der Waals surface area contributed by atoms with Crippen molar-refractivity contribution < 1.29 is 18.0 Å². The molecule has 2 fully saturated rings. The first-order chi connectivity index (χ1) is 13.9. The fourth-order valence-corrected chi connectivity index (χ4v) is 3.40. The highest BCUT2D eigenvalue weighted by Gasteiger charge is 2.46. The second kappa shape index (κ2) is 6.36. The molecule has 0 saturated carbocycles. The highest BCUT2D eigenvalue weighted by atomic mass is 19.3. The van der Waals surface area contributed by atoms with Gasteiger partial charge in [-0.15, -0.1) is 5.10 Å². The molecule has 4 heterocycles. The van der Waals surface area contributed by atoms with Crippen molar-refractivity contribution in [2.45, 2.75) is 12.3 Å². The standard InChI is InChI=1S/C19H17F3N6O/c20-15-3-2-13(24-18(29)27-10-19(21,22)11-27)7-16(15)28-9-12-6-14(26-4-1-5-26)8-23-17(12)25-28/h2-3,6-9H,1,4-5,10-11H2,(H,24,29). The highest BCUT2D eigenvalue weighted by molar-refractivity contribution is 5.90. The molecule has 7 nitrogen and oxygen atoms in total. The van der Waals surface area contributed by atoms with Crippen molar-refractivity contribution in [1.29, 1.82) is 0 Å². The Kier molecular flexibility index (Phi) is 3.90. The number of nitrogens with zero attached hydrogens (tertiary/aromatic N) is 5. The Labute approximate surface area is 163 Å². The number of pyridine rings is 1. The summed E-state index contributed by atoms with van der Waals surface area (Å²) >= 11 is 0. The summed E-state index contributed by atoms with van der Waals surface area (Å²) in [7, 11) is 0. The minimum Gasteiger partial charge on any atom is -0.370 e. The predicted molar refractivity (Wildman–Crippen MR) is 101 cm³/mol. The van der Waals surface area contributed by atoms with Crippen LogP contribution >= 0.6 is 0 Å². The van der Waals surface area contributed by atoms with Crippen LogP contribution in [0, 0.1) is 5.82 Å². The molecule has 0 atom stereocenters. The van der Waals surface area contributed by atoms with E-state index >= 15 is 0 Å². The van der Waals surface area contributed by atoms with Crippen LogP contribution in [0.4, 0.5) is 29.3 Å². The van der Waals surface area contributed by atoms with Crippen LogP contribution < -0.4 is 10.2 Å². The molecule has 2 aromatic heterocycles. The Morgan fingerprint density at radius 1 is 1.17 bits per heavy atom. The number of hydrogen-bond donors (Lipinski definition) is 1. The quantitative estimate of drug-likeness (QED) is 0.731. The molecule has 3 aromatic rings. The summed E-state index contributed by atoms with van der Waals surface area (Å²) in [6, 6.07) is 5.28. The van der Waals surface area contributed by atoms with Gasteiger partial charge in [-0.1, -0.05) is 0 Å². The summed E-state index contributed by atoms with van der Waals surface area (Å²) in [5, 5.41) is 7.60. The van der Waals surface area contributed by atoms with Crippen LogP contribution in [0.25, 0.3) is 16.7 Å². The van der Waals surface area contributed by atoms with Gasteiger partial charge in [-0.3, -0.25) is 0 Å². The second-order valence-electron chi connectivity index (χ2n) is 7.33. The topological polar surface area (TPSA) is 66.3 Å². The summed E-state index contributed by atoms with van der Waals surface area (Å²) in [6.07, 6.45) is 4.57. The van der Waals surface area contributed by atoms with E-state index in [1.54, 1.807) is 12.4 Å². The Balaban J connectivity index is 1.40. The number of carbonyl (C=O) groups is 1. The number of halogens is 3. The number of fused-ring (bicyclic) bond motifs is 1. The Morgan fingerprint density at radius 2 is 1.97 bits per heavy atom. The Hall–Kier alpha value is -3.30. The molecular formula is C19H17F3N6O. The number of benzene rings is 1. The van der Waals surface area contributed by atoms with E-state index in [9.17, 15) is 18.0 Å².